The molecule has 7 N–H and O–H groups in total. The van der Waals surface area contributed by atoms with Gasteiger partial charge in [0, 0.05) is 63.5 Å². The number of fused-ring (bicyclic) bond motifs is 2. The summed E-state index contributed by atoms with van der Waals surface area (Å²) in [7, 11) is 2.98. The third-order valence-corrected chi connectivity index (χ3v) is 8.10. The lowest BCUT2D eigenvalue weighted by atomic mass is 9.87. The lowest BCUT2D eigenvalue weighted by Gasteiger charge is -2.29. The van der Waals surface area contributed by atoms with Crippen molar-refractivity contribution in [2.24, 2.45) is 17.6 Å². The summed E-state index contributed by atoms with van der Waals surface area (Å²) in [6, 6.07) is 1.33. The highest BCUT2D eigenvalue weighted by atomic mass is 16.6. The van der Waals surface area contributed by atoms with E-state index < -0.39 is 42.3 Å². The van der Waals surface area contributed by atoms with E-state index in [-0.39, 0.29) is 23.1 Å². The number of ether oxygens (including phenoxy) is 3. The molecule has 1 fully saturated rings. The Morgan fingerprint density at radius 2 is 1.89 bits per heavy atom. The Kier molecular flexibility index (Phi) is 12.6. The van der Waals surface area contributed by atoms with Gasteiger partial charge in [0.25, 0.3) is 5.91 Å². The van der Waals surface area contributed by atoms with E-state index in [0.29, 0.717) is 41.8 Å². The molecular formula is C32H48N4O8. The highest BCUT2D eigenvalue weighted by Gasteiger charge is 2.30. The number of hydrogen-bond acceptors (Lipinski definition) is 10. The van der Waals surface area contributed by atoms with Gasteiger partial charge >= 0.3 is 6.09 Å². The summed E-state index contributed by atoms with van der Waals surface area (Å²) in [6.45, 7) is 10.6. The van der Waals surface area contributed by atoms with Crippen molar-refractivity contribution in [2.75, 3.05) is 51.0 Å². The van der Waals surface area contributed by atoms with Crippen LogP contribution >= 0.6 is 0 Å². The highest BCUT2D eigenvalue weighted by Crippen LogP contribution is 2.42. The third-order valence-electron chi connectivity index (χ3n) is 8.10. The number of nitrogens with zero attached hydrogens (tertiary/aromatic N) is 1. The summed E-state index contributed by atoms with van der Waals surface area (Å²) < 4.78 is 16.7. The van der Waals surface area contributed by atoms with E-state index in [1.54, 1.807) is 38.2 Å². The molecule has 2 heterocycles. The number of amides is 2. The van der Waals surface area contributed by atoms with Crippen LogP contribution in [0.3, 0.4) is 0 Å². The molecule has 0 radical (unpaired) electrons. The second kappa shape index (κ2) is 15.9. The number of carbonyl (C=O) groups excluding carboxylic acids is 2. The molecule has 244 valence electrons. The molecule has 0 saturated carbocycles. The van der Waals surface area contributed by atoms with Crippen LogP contribution in [0.4, 0.5) is 16.2 Å². The molecule has 0 aliphatic carbocycles. The Hall–Kier alpha value is -3.58. The van der Waals surface area contributed by atoms with Gasteiger partial charge in [-0.1, -0.05) is 38.2 Å². The first-order valence-electron chi connectivity index (χ1n) is 14.9. The first-order valence-corrected chi connectivity index (χ1v) is 14.9. The normalized spacial score (nSPS) is 30.3. The maximum atomic E-state index is 13.1. The minimum Gasteiger partial charge on any atom is -0.506 e. The Morgan fingerprint density at radius 1 is 1.18 bits per heavy atom. The average Bonchev–Trinajstić information content (AvgIpc) is 3.80. The van der Waals surface area contributed by atoms with Crippen molar-refractivity contribution in [3.63, 3.8) is 0 Å². The largest absolute Gasteiger partial charge is 0.506 e. The maximum absolute atomic E-state index is 13.1. The van der Waals surface area contributed by atoms with Crippen molar-refractivity contribution < 1.29 is 39.1 Å². The first-order chi connectivity index (χ1) is 20.9. The van der Waals surface area contributed by atoms with Crippen molar-refractivity contribution in [3.05, 3.63) is 47.1 Å². The number of nitrogens with two attached hydrogens (primary N) is 1. The number of aliphatic hydroxyl groups is 1. The number of phenolic OH excluding ortho intramolecular Hbond substituents is 2. The SMILES string of the molecule is CO[C@@H]1/C=C/C=C(\C)C(=O)Nc2cc(O)c(NCCN3CC3)c(c2O)C[C@@H](C)C[C@@H](OC)[C@@H](O)[C@@H](C)/C=C(\C)[C@@H]1OC(N)=O. The number of phenols is 2. The van der Waals surface area contributed by atoms with E-state index in [4.69, 9.17) is 19.9 Å². The summed E-state index contributed by atoms with van der Waals surface area (Å²) >= 11 is 0. The molecule has 1 saturated heterocycles. The molecule has 3 rings (SSSR count). The van der Waals surface area contributed by atoms with Gasteiger partial charge in [-0.25, -0.2) is 4.79 Å². The molecule has 2 aliphatic heterocycles. The van der Waals surface area contributed by atoms with E-state index in [9.17, 15) is 24.9 Å². The number of rotatable bonds is 7. The van der Waals surface area contributed by atoms with Gasteiger partial charge in [0.05, 0.1) is 23.6 Å². The first kappa shape index (κ1) is 34.9. The van der Waals surface area contributed by atoms with Crippen molar-refractivity contribution in [1.29, 1.82) is 0 Å². The summed E-state index contributed by atoms with van der Waals surface area (Å²) in [6.07, 6.45) is 3.18. The maximum Gasteiger partial charge on any atom is 0.405 e. The van der Waals surface area contributed by atoms with Crippen molar-refractivity contribution in [1.82, 2.24) is 4.90 Å². The van der Waals surface area contributed by atoms with Gasteiger partial charge < -0.3 is 45.9 Å². The number of aliphatic hydroxyl groups excluding tert-OH is 1. The average molecular weight is 617 g/mol. The predicted octanol–water partition coefficient (Wildman–Crippen LogP) is 3.29. The molecule has 12 heteroatoms. The monoisotopic (exact) mass is 616 g/mol. The van der Waals surface area contributed by atoms with Gasteiger partial charge in [-0.05, 0) is 38.2 Å². The van der Waals surface area contributed by atoms with Gasteiger partial charge in [0.1, 0.15) is 17.6 Å². The number of benzene rings is 1. The minimum absolute atomic E-state index is 0.0716. The molecule has 12 nitrogen and oxygen atoms in total. The van der Waals surface area contributed by atoms with E-state index in [1.165, 1.54) is 20.3 Å². The van der Waals surface area contributed by atoms with Crippen LogP contribution < -0.4 is 16.4 Å². The lowest BCUT2D eigenvalue weighted by molar-refractivity contribution is -0.112. The topological polar surface area (TPSA) is 176 Å². The van der Waals surface area contributed by atoms with Gasteiger partial charge in [-0.2, -0.15) is 0 Å². The Morgan fingerprint density at radius 3 is 2.50 bits per heavy atom. The zero-order chi connectivity index (χ0) is 32.6. The second-order valence-corrected chi connectivity index (χ2v) is 11.7. The summed E-state index contributed by atoms with van der Waals surface area (Å²) in [5, 5.41) is 39.7. The molecular weight excluding hydrogens is 568 g/mol. The van der Waals surface area contributed by atoms with E-state index >= 15 is 0 Å². The van der Waals surface area contributed by atoms with Crippen molar-refractivity contribution in [2.45, 2.75) is 65.0 Å². The van der Waals surface area contributed by atoms with E-state index in [2.05, 4.69) is 15.5 Å². The highest BCUT2D eigenvalue weighted by molar-refractivity contribution is 6.04. The summed E-state index contributed by atoms with van der Waals surface area (Å²) in [4.78, 5) is 27.1. The van der Waals surface area contributed by atoms with Crippen LogP contribution in [-0.4, -0.2) is 97.0 Å². The molecule has 6 atom stereocenters. The molecule has 0 aromatic heterocycles. The number of hydrogen-bond donors (Lipinski definition) is 6. The summed E-state index contributed by atoms with van der Waals surface area (Å²) in [5.41, 5.74) is 7.22. The second-order valence-electron chi connectivity index (χ2n) is 11.7. The lowest BCUT2D eigenvalue weighted by Crippen LogP contribution is -2.37. The zero-order valence-electron chi connectivity index (χ0n) is 26.5. The van der Waals surface area contributed by atoms with Gasteiger partial charge in [-0.15, -0.1) is 0 Å². The van der Waals surface area contributed by atoms with Gasteiger partial charge in [-0.3, -0.25) is 9.69 Å². The molecule has 2 amide bonds. The quantitative estimate of drug-likeness (QED) is 0.115. The third kappa shape index (κ3) is 9.46. The van der Waals surface area contributed by atoms with E-state index in [0.717, 1.165) is 19.6 Å². The fourth-order valence-corrected chi connectivity index (χ4v) is 5.44. The predicted molar refractivity (Wildman–Crippen MR) is 169 cm³/mol. The van der Waals surface area contributed by atoms with Crippen LogP contribution in [0.5, 0.6) is 11.5 Å². The molecule has 0 spiro atoms. The number of allylic oxidation sites excluding steroid dienone is 2. The number of carbonyl (C=O) groups is 2. The van der Waals surface area contributed by atoms with Crippen LogP contribution in [0, 0.1) is 11.8 Å². The van der Waals surface area contributed by atoms with Crippen LogP contribution in [0.1, 0.15) is 39.7 Å². The summed E-state index contributed by atoms with van der Waals surface area (Å²) in [5.74, 6) is -1.26. The van der Waals surface area contributed by atoms with Gasteiger partial charge in [0.15, 0.2) is 6.10 Å². The number of primary amides is 1. The van der Waals surface area contributed by atoms with Crippen LogP contribution in [0.25, 0.3) is 0 Å². The Balaban J connectivity index is 2.06. The van der Waals surface area contributed by atoms with Crippen molar-refractivity contribution in [3.8, 4) is 11.5 Å². The molecule has 2 aliphatic rings. The minimum atomic E-state index is -0.983. The van der Waals surface area contributed by atoms with Crippen LogP contribution in [0.2, 0.25) is 0 Å². The number of methoxy groups -OCH3 is 2. The van der Waals surface area contributed by atoms with Gasteiger partial charge in [0.2, 0.25) is 0 Å². The molecule has 2 bridgehead atoms. The number of nitrogens with one attached hydrogen (secondary N) is 2. The fraction of sp³-hybridized carbons (Fsp3) is 0.562. The van der Waals surface area contributed by atoms with Crippen LogP contribution in [-0.2, 0) is 25.4 Å². The Bertz CT molecular complexity index is 1260. The fourth-order valence-electron chi connectivity index (χ4n) is 5.44. The molecule has 44 heavy (non-hydrogen) atoms. The van der Waals surface area contributed by atoms with E-state index in [1.807, 2.05) is 13.8 Å². The zero-order valence-corrected chi connectivity index (χ0v) is 26.5. The molecule has 0 unspecified atom stereocenters. The molecule has 1 aromatic rings. The smallest absolute Gasteiger partial charge is 0.405 e. The standard InChI is InChI=1S/C32H48N4O8/c1-18-14-22-27(34-10-11-36-12-13-36)24(37)17-23(29(22)39)35-31(40)19(2)8-7-9-25(42-5)30(44-32(33)41)21(4)16-20(3)28(38)26(15-18)43-6/h7-9,16-18,20,25-26,28,30,34,37-39H,10-15H2,1-6H3,(H2,33,41)(H,35,40)/b9-7+,19-8+,21-16+/t18-,20+,25-,26-,28+,30+/m1/s1. The van der Waals surface area contributed by atoms with Crippen molar-refractivity contribution >= 4 is 23.4 Å². The molecule has 1 aromatic carbocycles. The van der Waals surface area contributed by atoms with Crippen LogP contribution in [0.15, 0.2) is 41.5 Å². The number of anilines is 2. The number of aromatic hydroxyl groups is 2. The Labute approximate surface area is 259 Å².